The third-order valence-electron chi connectivity index (χ3n) is 3.43. The number of halogens is 2. The van der Waals surface area contributed by atoms with Gasteiger partial charge in [-0.15, -0.1) is 11.3 Å². The second-order valence-electron chi connectivity index (χ2n) is 5.70. The van der Waals surface area contributed by atoms with Crippen molar-refractivity contribution in [2.24, 2.45) is 0 Å². The molecule has 1 N–H and O–H groups in total. The molecule has 23 heavy (non-hydrogen) atoms. The lowest BCUT2D eigenvalue weighted by Gasteiger charge is -2.28. The van der Waals surface area contributed by atoms with E-state index in [1.807, 2.05) is 5.38 Å². The highest BCUT2D eigenvalue weighted by atomic mass is 35.5. The zero-order valence-corrected chi connectivity index (χ0v) is 14.4. The predicted molar refractivity (Wildman–Crippen MR) is 90.5 cm³/mol. The first-order chi connectivity index (χ1) is 10.8. The molecule has 0 fully saturated rings. The summed E-state index contributed by atoms with van der Waals surface area (Å²) in [6.07, 6.45) is 0.249. The summed E-state index contributed by atoms with van der Waals surface area (Å²) >= 11 is 7.41. The molecule has 0 saturated heterocycles. The van der Waals surface area contributed by atoms with Gasteiger partial charge in [0.05, 0.1) is 10.4 Å². The van der Waals surface area contributed by atoms with Gasteiger partial charge in [-0.2, -0.15) is 0 Å². The molecule has 1 aromatic heterocycles. The summed E-state index contributed by atoms with van der Waals surface area (Å²) in [5.41, 5.74) is -0.132. The molecular weight excluding hydrogens is 337 g/mol. The van der Waals surface area contributed by atoms with Gasteiger partial charge in [-0.1, -0.05) is 23.7 Å². The van der Waals surface area contributed by atoms with Crippen LogP contribution in [0.2, 0.25) is 5.02 Å². The number of amides is 1. The molecule has 1 heterocycles. The highest BCUT2D eigenvalue weighted by Gasteiger charge is 2.25. The Morgan fingerprint density at radius 1 is 1.26 bits per heavy atom. The summed E-state index contributed by atoms with van der Waals surface area (Å²) in [5.74, 6) is -0.726. The molecule has 0 unspecified atom stereocenters. The summed E-state index contributed by atoms with van der Waals surface area (Å²) in [4.78, 5) is 24.7. The van der Waals surface area contributed by atoms with Crippen LogP contribution < -0.4 is 5.32 Å². The van der Waals surface area contributed by atoms with Crippen molar-refractivity contribution < 1.29 is 14.0 Å². The van der Waals surface area contributed by atoms with Gasteiger partial charge in [-0.3, -0.25) is 9.59 Å². The van der Waals surface area contributed by atoms with Crippen LogP contribution in [0.3, 0.4) is 0 Å². The van der Waals surface area contributed by atoms with E-state index in [0.29, 0.717) is 10.4 Å². The highest BCUT2D eigenvalue weighted by Crippen LogP contribution is 2.28. The largest absolute Gasteiger partial charge is 0.347 e. The maximum Gasteiger partial charge on any atom is 0.221 e. The maximum absolute atomic E-state index is 13.1. The normalized spacial score (nSPS) is 11.3. The number of carbonyl (C=O) groups excluding carboxylic acids is 2. The molecular formula is C17H17ClFNO2S. The Morgan fingerprint density at radius 3 is 2.61 bits per heavy atom. The Kier molecular flexibility index (Phi) is 5.55. The number of nitrogens with one attached hydrogen (secondary N) is 1. The second-order valence-corrected chi connectivity index (χ2v) is 7.05. The van der Waals surface area contributed by atoms with Crippen LogP contribution in [0.1, 0.15) is 41.9 Å². The lowest BCUT2D eigenvalue weighted by atomic mass is 9.93. The van der Waals surface area contributed by atoms with Crippen LogP contribution in [0.4, 0.5) is 4.39 Å². The summed E-state index contributed by atoms with van der Waals surface area (Å²) < 4.78 is 13.1. The van der Waals surface area contributed by atoms with Gasteiger partial charge in [0.25, 0.3) is 0 Å². The van der Waals surface area contributed by atoms with Gasteiger partial charge in [0, 0.05) is 17.9 Å². The molecule has 2 aromatic rings. The Labute approximate surface area is 143 Å². The van der Waals surface area contributed by atoms with Crippen LogP contribution in [0, 0.1) is 5.82 Å². The fourth-order valence-electron chi connectivity index (χ4n) is 2.26. The monoisotopic (exact) mass is 353 g/mol. The molecule has 0 saturated carbocycles. The van der Waals surface area contributed by atoms with Gasteiger partial charge < -0.3 is 5.32 Å². The van der Waals surface area contributed by atoms with Crippen molar-refractivity contribution in [3.05, 3.63) is 57.0 Å². The van der Waals surface area contributed by atoms with Crippen molar-refractivity contribution in [2.75, 3.05) is 0 Å². The summed E-state index contributed by atoms with van der Waals surface area (Å²) in [7, 11) is 0. The quantitative estimate of drug-likeness (QED) is 0.774. The maximum atomic E-state index is 13.1. The smallest absolute Gasteiger partial charge is 0.221 e. The van der Waals surface area contributed by atoms with Gasteiger partial charge in [-0.05, 0) is 43.0 Å². The lowest BCUT2D eigenvalue weighted by Crippen LogP contribution is -2.41. The summed E-state index contributed by atoms with van der Waals surface area (Å²) in [6.45, 7) is 3.57. The van der Waals surface area contributed by atoms with Crippen LogP contribution in [-0.4, -0.2) is 11.7 Å². The molecule has 2 rings (SSSR count). The topological polar surface area (TPSA) is 46.2 Å². The van der Waals surface area contributed by atoms with E-state index in [4.69, 9.17) is 11.6 Å². The third kappa shape index (κ3) is 4.62. The van der Waals surface area contributed by atoms with Crippen molar-refractivity contribution >= 4 is 34.6 Å². The molecule has 1 aromatic carbocycles. The highest BCUT2D eigenvalue weighted by molar-refractivity contribution is 7.12. The predicted octanol–water partition coefficient (Wildman–Crippen LogP) is 4.56. The fraction of sp³-hybridized carbons (Fsp3) is 0.294. The van der Waals surface area contributed by atoms with Crippen molar-refractivity contribution in [3.8, 4) is 0 Å². The number of rotatable bonds is 6. The molecule has 0 atom stereocenters. The van der Waals surface area contributed by atoms with E-state index in [1.165, 1.54) is 23.5 Å². The van der Waals surface area contributed by atoms with E-state index < -0.39 is 11.4 Å². The first kappa shape index (κ1) is 17.6. The molecule has 0 aliphatic rings. The van der Waals surface area contributed by atoms with E-state index in [1.54, 1.807) is 32.0 Å². The van der Waals surface area contributed by atoms with Gasteiger partial charge >= 0.3 is 0 Å². The Morgan fingerprint density at radius 2 is 2.00 bits per heavy atom. The molecule has 6 heteroatoms. The third-order valence-corrected chi connectivity index (χ3v) is 4.66. The van der Waals surface area contributed by atoms with Crippen molar-refractivity contribution in [1.82, 2.24) is 5.32 Å². The molecule has 1 amide bonds. The molecule has 122 valence electrons. The molecule has 0 aliphatic carbocycles. The van der Waals surface area contributed by atoms with Crippen LogP contribution in [0.15, 0.2) is 35.7 Å². The lowest BCUT2D eigenvalue weighted by molar-refractivity contribution is -0.122. The van der Waals surface area contributed by atoms with Crippen LogP contribution in [0.25, 0.3) is 0 Å². The molecule has 0 spiro atoms. The van der Waals surface area contributed by atoms with E-state index >= 15 is 0 Å². The van der Waals surface area contributed by atoms with E-state index in [0.717, 1.165) is 0 Å². The minimum Gasteiger partial charge on any atom is -0.347 e. The molecule has 0 aliphatic heterocycles. The first-order valence-electron chi connectivity index (χ1n) is 7.13. The minimum absolute atomic E-state index is 0.0484. The number of thiophene rings is 1. The number of benzene rings is 1. The van der Waals surface area contributed by atoms with E-state index in [9.17, 15) is 14.0 Å². The van der Waals surface area contributed by atoms with Gasteiger partial charge in [0.1, 0.15) is 5.82 Å². The van der Waals surface area contributed by atoms with E-state index in [2.05, 4.69) is 5.32 Å². The SMILES string of the molecule is CC(C)(NC(=O)CCC(=O)c1cccs1)c1ccc(F)cc1Cl. The minimum atomic E-state index is -0.756. The van der Waals surface area contributed by atoms with Crippen molar-refractivity contribution in [2.45, 2.75) is 32.2 Å². The fourth-order valence-corrected chi connectivity index (χ4v) is 3.36. The van der Waals surface area contributed by atoms with Crippen LogP contribution in [-0.2, 0) is 10.3 Å². The number of hydrogen-bond donors (Lipinski definition) is 1. The zero-order chi connectivity index (χ0) is 17.0. The van der Waals surface area contributed by atoms with E-state index in [-0.39, 0.29) is 29.6 Å². The van der Waals surface area contributed by atoms with Gasteiger partial charge in [0.15, 0.2) is 5.78 Å². The number of carbonyl (C=O) groups is 2. The van der Waals surface area contributed by atoms with Gasteiger partial charge in [-0.25, -0.2) is 4.39 Å². The van der Waals surface area contributed by atoms with Crippen LogP contribution in [0.5, 0.6) is 0 Å². The Bertz CT molecular complexity index is 713. The standard InChI is InChI=1S/C17H17ClFNO2S/c1-17(2,12-6-5-11(19)10-13(12)18)20-16(22)8-7-14(21)15-4-3-9-23-15/h3-6,9-10H,7-8H2,1-2H3,(H,20,22). The Balaban J connectivity index is 1.97. The first-order valence-corrected chi connectivity index (χ1v) is 8.38. The number of ketones is 1. The average Bonchev–Trinajstić information content (AvgIpc) is 2.98. The molecule has 3 nitrogen and oxygen atoms in total. The van der Waals surface area contributed by atoms with Crippen LogP contribution >= 0.6 is 22.9 Å². The summed E-state index contributed by atoms with van der Waals surface area (Å²) in [6, 6.07) is 7.61. The average molecular weight is 354 g/mol. The van der Waals surface area contributed by atoms with Gasteiger partial charge in [0.2, 0.25) is 5.91 Å². The zero-order valence-electron chi connectivity index (χ0n) is 12.9. The number of Topliss-reactive ketones (excluding diaryl/α,β-unsaturated/α-hetero) is 1. The number of hydrogen-bond acceptors (Lipinski definition) is 3. The van der Waals surface area contributed by atoms with Crippen molar-refractivity contribution in [1.29, 1.82) is 0 Å². The second kappa shape index (κ2) is 7.23. The van der Waals surface area contributed by atoms with Crippen molar-refractivity contribution in [3.63, 3.8) is 0 Å². The molecule has 0 radical (unpaired) electrons. The molecule has 0 bridgehead atoms. The Hall–Kier alpha value is -1.72. The summed E-state index contributed by atoms with van der Waals surface area (Å²) in [5, 5.41) is 4.92.